The molecule has 0 bridgehead atoms. The van der Waals surface area contributed by atoms with E-state index < -0.39 is 0 Å². The van der Waals surface area contributed by atoms with Gasteiger partial charge < -0.3 is 15.0 Å². The van der Waals surface area contributed by atoms with E-state index in [0.29, 0.717) is 28.7 Å². The van der Waals surface area contributed by atoms with Gasteiger partial charge in [-0.3, -0.25) is 0 Å². The predicted molar refractivity (Wildman–Crippen MR) is 92.5 cm³/mol. The van der Waals surface area contributed by atoms with Crippen LogP contribution in [0, 0.1) is 0 Å². The van der Waals surface area contributed by atoms with Crippen LogP contribution in [0.4, 0.5) is 5.82 Å². The van der Waals surface area contributed by atoms with Crippen LogP contribution in [0.1, 0.15) is 12.5 Å². The van der Waals surface area contributed by atoms with Gasteiger partial charge in [0.1, 0.15) is 12.4 Å². The van der Waals surface area contributed by atoms with Crippen LogP contribution >= 0.6 is 23.2 Å². The van der Waals surface area contributed by atoms with Gasteiger partial charge in [-0.15, -0.1) is 0 Å². The summed E-state index contributed by atoms with van der Waals surface area (Å²) in [5.74, 6) is 0.883. The summed E-state index contributed by atoms with van der Waals surface area (Å²) in [6.07, 6.45) is 1.72. The van der Waals surface area contributed by atoms with Crippen LogP contribution in [-0.4, -0.2) is 35.6 Å². The molecule has 23 heavy (non-hydrogen) atoms. The van der Waals surface area contributed by atoms with Crippen LogP contribution in [0.5, 0.6) is 6.01 Å². The lowest BCUT2D eigenvalue weighted by Gasteiger charge is -2.34. The molecule has 0 unspecified atom stereocenters. The SMILES string of the molecule is C[C@@H]1CNCCN1c1ccnc(OCc2cc(Cl)cc(Cl)c2)n1. The molecule has 0 aliphatic carbocycles. The minimum atomic E-state index is 0.320. The van der Waals surface area contributed by atoms with Gasteiger partial charge in [0, 0.05) is 41.9 Å². The Labute approximate surface area is 145 Å². The van der Waals surface area contributed by atoms with Crippen molar-refractivity contribution in [3.63, 3.8) is 0 Å². The number of piperazine rings is 1. The predicted octanol–water partition coefficient (Wildman–Crippen LogP) is 3.16. The standard InChI is InChI=1S/C16H18Cl2N4O/c1-11-9-19-4-5-22(11)15-2-3-20-16(21-15)23-10-12-6-13(17)8-14(18)7-12/h2-3,6-8,11,19H,4-5,9-10H2,1H3/t11-/m1/s1. The quantitative estimate of drug-likeness (QED) is 0.915. The molecule has 0 radical (unpaired) electrons. The maximum absolute atomic E-state index is 5.99. The first kappa shape index (κ1) is 16.3. The molecule has 1 aliphatic heterocycles. The molecule has 0 saturated carbocycles. The smallest absolute Gasteiger partial charge is 0.318 e. The molecule has 7 heteroatoms. The third kappa shape index (κ3) is 4.25. The molecular weight excluding hydrogens is 335 g/mol. The lowest BCUT2D eigenvalue weighted by molar-refractivity contribution is 0.280. The number of nitrogens with zero attached hydrogens (tertiary/aromatic N) is 3. The molecule has 0 amide bonds. The summed E-state index contributed by atoms with van der Waals surface area (Å²) in [5, 5.41) is 4.53. The van der Waals surface area contributed by atoms with Crippen molar-refractivity contribution in [2.45, 2.75) is 19.6 Å². The summed E-state index contributed by atoms with van der Waals surface area (Å²) in [5.41, 5.74) is 0.882. The molecule has 3 rings (SSSR count). The Kier molecular flexibility index (Phi) is 5.20. The van der Waals surface area contributed by atoms with Crippen molar-refractivity contribution >= 4 is 29.0 Å². The van der Waals surface area contributed by atoms with E-state index in [9.17, 15) is 0 Å². The first-order valence-corrected chi connectivity index (χ1v) is 8.25. The molecule has 1 N–H and O–H groups in total. The Morgan fingerprint density at radius 2 is 2.09 bits per heavy atom. The maximum atomic E-state index is 5.99. The zero-order valence-electron chi connectivity index (χ0n) is 12.8. The van der Waals surface area contributed by atoms with Gasteiger partial charge in [-0.05, 0) is 36.8 Å². The van der Waals surface area contributed by atoms with Crippen LogP contribution < -0.4 is 15.0 Å². The van der Waals surface area contributed by atoms with E-state index >= 15 is 0 Å². The van der Waals surface area contributed by atoms with Crippen molar-refractivity contribution < 1.29 is 4.74 Å². The fourth-order valence-corrected chi connectivity index (χ4v) is 3.16. The zero-order chi connectivity index (χ0) is 16.2. The van der Waals surface area contributed by atoms with E-state index in [-0.39, 0.29) is 0 Å². The highest BCUT2D eigenvalue weighted by Crippen LogP contribution is 2.21. The number of anilines is 1. The first-order chi connectivity index (χ1) is 11.1. The molecule has 1 fully saturated rings. The summed E-state index contributed by atoms with van der Waals surface area (Å²) < 4.78 is 5.69. The second-order valence-electron chi connectivity index (χ2n) is 5.51. The molecule has 0 spiro atoms. The summed E-state index contributed by atoms with van der Waals surface area (Å²) in [6, 6.07) is 7.97. The summed E-state index contributed by atoms with van der Waals surface area (Å²) in [6.45, 7) is 5.30. The van der Waals surface area contributed by atoms with Crippen molar-refractivity contribution in [3.8, 4) is 6.01 Å². The second-order valence-corrected chi connectivity index (χ2v) is 6.38. The molecule has 122 valence electrons. The topological polar surface area (TPSA) is 50.3 Å². The molecule has 2 heterocycles. The van der Waals surface area contributed by atoms with Crippen molar-refractivity contribution in [3.05, 3.63) is 46.1 Å². The molecule has 1 aromatic heterocycles. The van der Waals surface area contributed by atoms with Crippen molar-refractivity contribution in [1.29, 1.82) is 0 Å². The molecule has 2 aromatic rings. The number of hydrogen-bond donors (Lipinski definition) is 1. The highest BCUT2D eigenvalue weighted by Gasteiger charge is 2.19. The number of nitrogens with one attached hydrogen (secondary N) is 1. The number of aromatic nitrogens is 2. The van der Waals surface area contributed by atoms with Crippen molar-refractivity contribution in [2.24, 2.45) is 0 Å². The largest absolute Gasteiger partial charge is 0.459 e. The summed E-state index contributed by atoms with van der Waals surface area (Å²) in [4.78, 5) is 10.9. The molecule has 5 nitrogen and oxygen atoms in total. The third-order valence-electron chi connectivity index (χ3n) is 3.70. The Balaban J connectivity index is 1.70. The van der Waals surface area contributed by atoms with Gasteiger partial charge in [-0.25, -0.2) is 4.98 Å². The van der Waals surface area contributed by atoms with E-state index in [1.54, 1.807) is 12.3 Å². The zero-order valence-corrected chi connectivity index (χ0v) is 14.3. The summed E-state index contributed by atoms with van der Waals surface area (Å²) in [7, 11) is 0. The third-order valence-corrected chi connectivity index (χ3v) is 4.14. The fourth-order valence-electron chi connectivity index (χ4n) is 2.58. The average Bonchev–Trinajstić information content (AvgIpc) is 2.53. The van der Waals surface area contributed by atoms with Gasteiger partial charge in [-0.1, -0.05) is 23.2 Å². The van der Waals surface area contributed by atoms with Gasteiger partial charge in [0.15, 0.2) is 0 Å². The maximum Gasteiger partial charge on any atom is 0.318 e. The summed E-state index contributed by atoms with van der Waals surface area (Å²) >= 11 is 12.0. The molecule has 1 aromatic carbocycles. The van der Waals surface area contributed by atoms with E-state index in [0.717, 1.165) is 31.0 Å². The van der Waals surface area contributed by atoms with Crippen LogP contribution in [0.2, 0.25) is 10.0 Å². The monoisotopic (exact) mass is 352 g/mol. The number of rotatable bonds is 4. The molecule has 1 atom stereocenters. The second kappa shape index (κ2) is 7.34. The number of ether oxygens (including phenoxy) is 1. The lowest BCUT2D eigenvalue weighted by Crippen LogP contribution is -2.50. The minimum Gasteiger partial charge on any atom is -0.459 e. The van der Waals surface area contributed by atoms with Crippen molar-refractivity contribution in [1.82, 2.24) is 15.3 Å². The van der Waals surface area contributed by atoms with Gasteiger partial charge in [-0.2, -0.15) is 4.98 Å². The van der Waals surface area contributed by atoms with Gasteiger partial charge in [0.2, 0.25) is 0 Å². The van der Waals surface area contributed by atoms with Crippen LogP contribution in [0.3, 0.4) is 0 Å². The minimum absolute atomic E-state index is 0.320. The van der Waals surface area contributed by atoms with Gasteiger partial charge >= 0.3 is 6.01 Å². The van der Waals surface area contributed by atoms with Crippen LogP contribution in [-0.2, 0) is 6.61 Å². The normalized spacial score (nSPS) is 18.0. The molecular formula is C16H18Cl2N4O. The molecule has 1 saturated heterocycles. The Morgan fingerprint density at radius 3 is 2.83 bits per heavy atom. The highest BCUT2D eigenvalue weighted by molar-refractivity contribution is 6.34. The highest BCUT2D eigenvalue weighted by atomic mass is 35.5. The fraction of sp³-hybridized carbons (Fsp3) is 0.375. The average molecular weight is 353 g/mol. The molecule has 1 aliphatic rings. The number of hydrogen-bond acceptors (Lipinski definition) is 5. The Bertz CT molecular complexity index is 663. The Hall–Kier alpha value is -1.56. The van der Waals surface area contributed by atoms with E-state index in [1.165, 1.54) is 0 Å². The number of halogens is 2. The number of benzene rings is 1. The van der Waals surface area contributed by atoms with E-state index in [2.05, 4.69) is 27.1 Å². The Morgan fingerprint density at radius 1 is 1.30 bits per heavy atom. The van der Waals surface area contributed by atoms with Crippen LogP contribution in [0.25, 0.3) is 0 Å². The lowest BCUT2D eigenvalue weighted by atomic mass is 10.2. The van der Waals surface area contributed by atoms with Gasteiger partial charge in [0.25, 0.3) is 0 Å². The van der Waals surface area contributed by atoms with Crippen LogP contribution in [0.15, 0.2) is 30.5 Å². The van der Waals surface area contributed by atoms with Crippen molar-refractivity contribution in [2.75, 3.05) is 24.5 Å². The first-order valence-electron chi connectivity index (χ1n) is 7.50. The van der Waals surface area contributed by atoms with E-state index in [1.807, 2.05) is 18.2 Å². The van der Waals surface area contributed by atoms with E-state index in [4.69, 9.17) is 27.9 Å². The van der Waals surface area contributed by atoms with Gasteiger partial charge in [0.05, 0.1) is 0 Å².